The Bertz CT molecular complexity index is 95.6. The van der Waals surface area contributed by atoms with Crippen molar-refractivity contribution in [3.63, 3.8) is 0 Å². The summed E-state index contributed by atoms with van der Waals surface area (Å²) >= 11 is 0. The molecule has 0 amide bonds. The van der Waals surface area contributed by atoms with Crippen molar-refractivity contribution in [1.82, 2.24) is 4.89 Å². The van der Waals surface area contributed by atoms with Crippen molar-refractivity contribution in [3.8, 4) is 0 Å². The van der Waals surface area contributed by atoms with Crippen LogP contribution < -0.4 is 0 Å². The summed E-state index contributed by atoms with van der Waals surface area (Å²) in [7, 11) is 1.62. The molecule has 0 aliphatic carbocycles. The van der Waals surface area contributed by atoms with E-state index in [2.05, 4.69) is 0 Å². The molecule has 3 nitrogen and oxygen atoms in total. The van der Waals surface area contributed by atoms with Gasteiger partial charge in [-0.3, -0.25) is 0 Å². The fourth-order valence-corrected chi connectivity index (χ4v) is 0.833. The van der Waals surface area contributed by atoms with Gasteiger partial charge >= 0.3 is 7.62 Å². The summed E-state index contributed by atoms with van der Waals surface area (Å²) in [5.74, 6) is 0. The summed E-state index contributed by atoms with van der Waals surface area (Å²) in [6.07, 6.45) is 1.42. The molecule has 0 unspecified atom stereocenters. The van der Waals surface area contributed by atoms with Gasteiger partial charge in [0.2, 0.25) is 7.41 Å². The number of rotatable bonds is 3. The summed E-state index contributed by atoms with van der Waals surface area (Å²) < 4.78 is 5.33. The first-order chi connectivity index (χ1) is 4.79. The van der Waals surface area contributed by atoms with Crippen molar-refractivity contribution in [3.05, 3.63) is 0 Å². The molecule has 0 N–H and O–H groups in total. The topological polar surface area (TPSA) is 21.7 Å². The van der Waals surface area contributed by atoms with Crippen LogP contribution in [0, 0.1) is 0 Å². The van der Waals surface area contributed by atoms with Gasteiger partial charge in [0.25, 0.3) is 0 Å². The van der Waals surface area contributed by atoms with E-state index in [0.717, 1.165) is 20.3 Å². The molecule has 56 valence electrons. The Morgan fingerprint density at radius 3 is 3.00 bits per heavy atom. The van der Waals surface area contributed by atoms with Crippen LogP contribution >= 0.6 is 0 Å². The van der Waals surface area contributed by atoms with Crippen LogP contribution in [0.3, 0.4) is 0 Å². The van der Waals surface area contributed by atoms with Crippen LogP contribution in [0.25, 0.3) is 0 Å². The van der Waals surface area contributed by atoms with Gasteiger partial charge in [0, 0.05) is 6.10 Å². The van der Waals surface area contributed by atoms with E-state index in [1.807, 2.05) is 18.7 Å². The molecule has 0 radical (unpaired) electrons. The van der Waals surface area contributed by atoms with Gasteiger partial charge in [-0.1, -0.05) is 0 Å². The Balaban J connectivity index is 2.01. The van der Waals surface area contributed by atoms with E-state index < -0.39 is 0 Å². The summed E-state index contributed by atoms with van der Waals surface area (Å²) in [6, 6.07) is 0. The van der Waals surface area contributed by atoms with Crippen molar-refractivity contribution in [1.29, 1.82) is 0 Å². The molecule has 1 aliphatic heterocycles. The number of hydrogen-bond acceptors (Lipinski definition) is 3. The zero-order valence-corrected chi connectivity index (χ0v) is 6.67. The van der Waals surface area contributed by atoms with Crippen molar-refractivity contribution >= 4 is 15.0 Å². The predicted octanol–water partition coefficient (Wildman–Crippen LogP) is -0.305. The lowest BCUT2D eigenvalue weighted by Gasteiger charge is -2.13. The highest BCUT2D eigenvalue weighted by atomic mass is 16.7. The van der Waals surface area contributed by atoms with Crippen molar-refractivity contribution in [2.45, 2.75) is 26.3 Å². The third kappa shape index (κ3) is 2.73. The minimum Gasteiger partial charge on any atom is -0.421 e. The molecule has 1 rings (SSSR count). The quantitative estimate of drug-likeness (QED) is 0.503. The summed E-state index contributed by atoms with van der Waals surface area (Å²) in [4.78, 5) is 7.07. The van der Waals surface area contributed by atoms with Gasteiger partial charge < -0.3 is 9.49 Å². The monoisotopic (exact) mass is 141 g/mol. The lowest BCUT2D eigenvalue weighted by molar-refractivity contribution is -0.00613. The lowest BCUT2D eigenvalue weighted by Crippen LogP contribution is -2.29. The second-order valence-electron chi connectivity index (χ2n) is 2.74. The Labute approximate surface area is 63.2 Å². The van der Waals surface area contributed by atoms with E-state index >= 15 is 0 Å². The Morgan fingerprint density at radius 1 is 1.70 bits per heavy atom. The van der Waals surface area contributed by atoms with Gasteiger partial charge in [-0.2, -0.15) is 0 Å². The molecule has 0 atom stereocenters. The average molecular weight is 141 g/mol. The largest absolute Gasteiger partial charge is 0.421 e. The minimum absolute atomic E-state index is 0.296. The fourth-order valence-electron chi connectivity index (χ4n) is 0.833. The summed E-state index contributed by atoms with van der Waals surface area (Å²) in [6.45, 7) is 4.90. The predicted molar refractivity (Wildman–Crippen MR) is 43.1 cm³/mol. The van der Waals surface area contributed by atoms with Gasteiger partial charge in [0.05, 0.1) is 6.61 Å². The highest BCUT2D eigenvalue weighted by molar-refractivity contribution is 6.46. The number of nitrogens with zero attached hydrogens (tertiary/aromatic N) is 1. The molecular formula is C5H13B2NO2. The van der Waals surface area contributed by atoms with E-state index in [1.165, 1.54) is 0 Å². The normalized spacial score (nSPS) is 19.5. The maximum Gasteiger partial charge on any atom is 0.376 e. The first-order valence-corrected chi connectivity index (χ1v) is 3.78. The lowest BCUT2D eigenvalue weighted by atomic mass is 9.86. The third-order valence-corrected chi connectivity index (χ3v) is 1.38. The van der Waals surface area contributed by atoms with Crippen molar-refractivity contribution < 1.29 is 9.49 Å². The van der Waals surface area contributed by atoms with E-state index in [-0.39, 0.29) is 0 Å². The molecule has 0 saturated carbocycles. The minimum atomic E-state index is 0.296. The molecule has 1 saturated heterocycles. The van der Waals surface area contributed by atoms with Gasteiger partial charge in [-0.15, -0.1) is 0 Å². The van der Waals surface area contributed by atoms with Crippen LogP contribution in [0.5, 0.6) is 0 Å². The van der Waals surface area contributed by atoms with Crippen molar-refractivity contribution in [2.75, 3.05) is 6.61 Å². The second kappa shape index (κ2) is 4.01. The first-order valence-electron chi connectivity index (χ1n) is 3.78. The summed E-state index contributed by atoms with van der Waals surface area (Å²) in [5, 5.41) is 0. The van der Waals surface area contributed by atoms with Crippen LogP contribution in [0.15, 0.2) is 0 Å². The molecule has 1 fully saturated rings. The van der Waals surface area contributed by atoms with E-state index in [9.17, 15) is 0 Å². The van der Waals surface area contributed by atoms with E-state index in [0.29, 0.717) is 13.7 Å². The van der Waals surface area contributed by atoms with E-state index in [4.69, 9.17) is 9.49 Å². The maximum absolute atomic E-state index is 5.33. The molecule has 0 bridgehead atoms. The second-order valence-corrected chi connectivity index (χ2v) is 2.74. The fraction of sp³-hybridized carbons (Fsp3) is 1.00. The highest BCUT2D eigenvalue weighted by Gasteiger charge is 2.15. The molecule has 10 heavy (non-hydrogen) atoms. The number of hydrogen-bond donors (Lipinski definition) is 0. The smallest absolute Gasteiger partial charge is 0.376 e. The molecule has 1 heterocycles. The SMILES string of the molecule is CC(C)OBN1BCCO1. The zero-order valence-electron chi connectivity index (χ0n) is 6.67. The summed E-state index contributed by atoms with van der Waals surface area (Å²) in [5.41, 5.74) is 0. The van der Waals surface area contributed by atoms with Gasteiger partial charge in [-0.25, -0.2) is 4.89 Å². The van der Waals surface area contributed by atoms with Crippen LogP contribution in [0.1, 0.15) is 13.8 Å². The van der Waals surface area contributed by atoms with Crippen molar-refractivity contribution in [2.24, 2.45) is 0 Å². The van der Waals surface area contributed by atoms with Crippen LogP contribution in [0.2, 0.25) is 6.32 Å². The average Bonchev–Trinajstić information content (AvgIpc) is 2.34. The standard InChI is InChI=1S/C5H13B2NO2/c1-5(2)10-7-8-6-3-4-9-8/h5-7H,3-4H2,1-2H3. The van der Waals surface area contributed by atoms with Gasteiger partial charge in [-0.05, 0) is 20.2 Å². The first kappa shape index (κ1) is 8.11. The molecule has 0 aromatic rings. The van der Waals surface area contributed by atoms with Gasteiger partial charge in [0.15, 0.2) is 0 Å². The molecule has 1 aliphatic rings. The highest BCUT2D eigenvalue weighted by Crippen LogP contribution is 2.01. The molecule has 0 spiro atoms. The van der Waals surface area contributed by atoms with Crippen LogP contribution in [0.4, 0.5) is 0 Å². The zero-order chi connectivity index (χ0) is 7.40. The van der Waals surface area contributed by atoms with Crippen LogP contribution in [-0.4, -0.2) is 32.6 Å². The van der Waals surface area contributed by atoms with Gasteiger partial charge in [0.1, 0.15) is 0 Å². The Morgan fingerprint density at radius 2 is 2.50 bits per heavy atom. The molecule has 0 aromatic heterocycles. The van der Waals surface area contributed by atoms with E-state index in [1.54, 1.807) is 0 Å². The van der Waals surface area contributed by atoms with Crippen LogP contribution in [-0.2, 0) is 9.49 Å². The third-order valence-electron chi connectivity index (χ3n) is 1.38. The molecular weight excluding hydrogens is 128 g/mol. The Hall–Kier alpha value is 0.00987. The Kier molecular flexibility index (Phi) is 3.25. The molecule has 0 aromatic carbocycles. The maximum atomic E-state index is 5.33. The molecule has 5 heteroatoms.